The van der Waals surface area contributed by atoms with E-state index in [9.17, 15) is 22.8 Å². The first kappa shape index (κ1) is 40.4. The van der Waals surface area contributed by atoms with Gasteiger partial charge in [-0.2, -0.15) is 0 Å². The summed E-state index contributed by atoms with van der Waals surface area (Å²) in [6, 6.07) is 17.1. The second kappa shape index (κ2) is 16.0. The molecule has 1 saturated heterocycles. The molecule has 2 aromatic heterocycles. The normalized spacial score (nSPS) is 26.3. The van der Waals surface area contributed by atoms with Crippen LogP contribution in [0.3, 0.4) is 0 Å². The van der Waals surface area contributed by atoms with Crippen LogP contribution in [0, 0.1) is 24.2 Å². The van der Waals surface area contributed by atoms with Gasteiger partial charge in [0.1, 0.15) is 11.9 Å². The number of carbonyl (C=O) groups excluding carboxylic acids is 3. The lowest BCUT2D eigenvalue weighted by Crippen LogP contribution is -2.46. The maximum absolute atomic E-state index is 15.0. The molecule has 58 heavy (non-hydrogen) atoms. The minimum Gasteiger partial charge on any atom is -0.488 e. The van der Waals surface area contributed by atoms with Crippen LogP contribution in [0.25, 0.3) is 22.2 Å². The van der Waals surface area contributed by atoms with Crippen molar-refractivity contribution in [3.63, 3.8) is 0 Å². The zero-order valence-electron chi connectivity index (χ0n) is 33.9. The molecule has 0 radical (unpaired) electrons. The van der Waals surface area contributed by atoms with Gasteiger partial charge in [0.25, 0.3) is 0 Å². The third kappa shape index (κ3) is 8.64. The monoisotopic (exact) mass is 822 g/mol. The number of amides is 2. The summed E-state index contributed by atoms with van der Waals surface area (Å²) >= 11 is 1.58. The van der Waals surface area contributed by atoms with Crippen molar-refractivity contribution in [2.24, 2.45) is 17.3 Å². The standard InChI is InChI=1S/C46H54N4O6S2/c1-29-17-20-35-37(21-29)47-36(30-13-10-8-11-14-30)24-40(35)56-33-23-38-39(51)26-46(44(53)49-58(54,55)34-18-19-34)25-32(46)16-12-7-5-6-9-15-31(43(52)50(38)27-33)22-42-48-41(28-57-42)45(2,3)4/h8,10-14,16-17,20-21,24,28,31-34,38H,5-7,9,15,18-19,22-23,25-27H2,1-4H3,(H,49,53)/b16-12-/t31-,32+,33-,38+,46-/m1/s1. The molecule has 4 aromatic rings. The summed E-state index contributed by atoms with van der Waals surface area (Å²) < 4.78 is 35.2. The Morgan fingerprint density at radius 2 is 1.81 bits per heavy atom. The van der Waals surface area contributed by atoms with Gasteiger partial charge in [0, 0.05) is 53.0 Å². The number of aryl methyl sites for hydroxylation is 1. The van der Waals surface area contributed by atoms with Crippen LogP contribution in [0.1, 0.15) is 101 Å². The molecule has 10 nitrogen and oxygen atoms in total. The van der Waals surface area contributed by atoms with Gasteiger partial charge < -0.3 is 9.64 Å². The van der Waals surface area contributed by atoms with Crippen LogP contribution in [0.5, 0.6) is 5.75 Å². The van der Waals surface area contributed by atoms with E-state index in [4.69, 9.17) is 14.7 Å². The quantitative estimate of drug-likeness (QED) is 0.176. The highest BCUT2D eigenvalue weighted by atomic mass is 32.2. The average Bonchev–Trinajstić information content (AvgIpc) is 4.06. The lowest BCUT2D eigenvalue weighted by Gasteiger charge is -2.29. The lowest BCUT2D eigenvalue weighted by atomic mass is 9.90. The summed E-state index contributed by atoms with van der Waals surface area (Å²) in [5.41, 5.74) is 3.24. The fraction of sp³-hybridized carbons (Fsp3) is 0.500. The fourth-order valence-electron chi connectivity index (χ4n) is 8.62. The van der Waals surface area contributed by atoms with E-state index in [-0.39, 0.29) is 42.4 Å². The number of carbonyl (C=O) groups is 3. The van der Waals surface area contributed by atoms with Gasteiger partial charge in [-0.15, -0.1) is 11.3 Å². The number of allylic oxidation sites excluding steroid dienone is 2. The maximum atomic E-state index is 15.0. The number of ether oxygens (including phenoxy) is 1. The molecule has 2 amide bonds. The van der Waals surface area contributed by atoms with E-state index >= 15 is 0 Å². The van der Waals surface area contributed by atoms with E-state index in [1.807, 2.05) is 67.6 Å². The minimum absolute atomic E-state index is 0.104. The number of thiazole rings is 1. The number of pyridine rings is 1. The van der Waals surface area contributed by atoms with Gasteiger partial charge in [0.2, 0.25) is 21.8 Å². The molecule has 12 heteroatoms. The summed E-state index contributed by atoms with van der Waals surface area (Å²) in [4.78, 5) is 55.4. The van der Waals surface area contributed by atoms with Crippen LogP contribution in [-0.4, -0.2) is 64.8 Å². The Morgan fingerprint density at radius 3 is 2.55 bits per heavy atom. The van der Waals surface area contributed by atoms with Crippen LogP contribution >= 0.6 is 11.3 Å². The van der Waals surface area contributed by atoms with Gasteiger partial charge >= 0.3 is 0 Å². The Balaban J connectivity index is 1.13. The van der Waals surface area contributed by atoms with Crippen molar-refractivity contribution >= 4 is 49.9 Å². The predicted octanol–water partition coefficient (Wildman–Crippen LogP) is 8.27. The Bertz CT molecular complexity index is 2350. The zero-order chi connectivity index (χ0) is 40.8. The predicted molar refractivity (Wildman–Crippen MR) is 227 cm³/mol. The highest BCUT2D eigenvalue weighted by Gasteiger charge is 2.61. The number of benzene rings is 2. The van der Waals surface area contributed by atoms with Crippen LogP contribution in [-0.2, 0) is 36.2 Å². The number of nitrogens with one attached hydrogen (secondary N) is 1. The van der Waals surface area contributed by atoms with Gasteiger partial charge in [0.15, 0.2) is 5.78 Å². The molecule has 1 N–H and O–H groups in total. The summed E-state index contributed by atoms with van der Waals surface area (Å²) in [5.74, 6) is -0.985. The molecule has 5 atom stereocenters. The van der Waals surface area contributed by atoms with Crippen molar-refractivity contribution in [3.8, 4) is 17.0 Å². The van der Waals surface area contributed by atoms with Crippen LogP contribution in [0.15, 0.2) is 72.1 Å². The van der Waals surface area contributed by atoms with Crippen LogP contribution in [0.4, 0.5) is 0 Å². The second-order valence-electron chi connectivity index (χ2n) is 18.0. The zero-order valence-corrected chi connectivity index (χ0v) is 35.5. The molecule has 0 spiro atoms. The van der Waals surface area contributed by atoms with Gasteiger partial charge in [-0.1, -0.05) is 82.2 Å². The molecule has 4 heterocycles. The van der Waals surface area contributed by atoms with E-state index in [1.165, 1.54) is 0 Å². The summed E-state index contributed by atoms with van der Waals surface area (Å²) in [5, 5.41) is 3.25. The minimum atomic E-state index is -3.82. The first-order valence-electron chi connectivity index (χ1n) is 20.8. The third-order valence-corrected chi connectivity index (χ3v) is 15.1. The Kier molecular flexibility index (Phi) is 11.1. The number of fused-ring (bicyclic) bond motifs is 3. The maximum Gasteiger partial charge on any atom is 0.240 e. The molecule has 2 aliphatic heterocycles. The van der Waals surface area contributed by atoms with Crippen molar-refractivity contribution in [3.05, 3.63) is 88.4 Å². The number of ketones is 1. The first-order chi connectivity index (χ1) is 27.7. The van der Waals surface area contributed by atoms with E-state index < -0.39 is 44.7 Å². The van der Waals surface area contributed by atoms with Crippen molar-refractivity contribution in [1.29, 1.82) is 0 Å². The van der Waals surface area contributed by atoms with E-state index in [0.717, 1.165) is 64.1 Å². The molecule has 4 aliphatic rings. The molecule has 2 saturated carbocycles. The molecule has 2 aliphatic carbocycles. The molecule has 0 bridgehead atoms. The Hall–Kier alpha value is -4.42. The third-order valence-electron chi connectivity index (χ3n) is 12.4. The van der Waals surface area contributed by atoms with E-state index in [2.05, 4.69) is 36.9 Å². The van der Waals surface area contributed by atoms with Gasteiger partial charge in [0.05, 0.1) is 45.2 Å². The molecule has 0 unspecified atom stereocenters. The number of aromatic nitrogens is 2. The molecule has 8 rings (SSSR count). The summed E-state index contributed by atoms with van der Waals surface area (Å²) in [6.07, 6.45) is 9.74. The Labute approximate surface area is 345 Å². The molecule has 306 valence electrons. The molecular formula is C46H54N4O6S2. The first-order valence-corrected chi connectivity index (χ1v) is 23.3. The second-order valence-corrected chi connectivity index (χ2v) is 20.9. The largest absolute Gasteiger partial charge is 0.488 e. The Morgan fingerprint density at radius 1 is 1.02 bits per heavy atom. The van der Waals surface area contributed by atoms with Crippen LogP contribution < -0.4 is 9.46 Å². The van der Waals surface area contributed by atoms with Crippen molar-refractivity contribution in [2.75, 3.05) is 6.54 Å². The van der Waals surface area contributed by atoms with Crippen molar-refractivity contribution in [1.82, 2.24) is 19.6 Å². The molecule has 2 aromatic carbocycles. The number of Topliss-reactive ketones (excluding diaryl/α,β-unsaturated/α-hetero) is 1. The average molecular weight is 823 g/mol. The topological polar surface area (TPSA) is 136 Å². The van der Waals surface area contributed by atoms with Gasteiger partial charge in [-0.3, -0.25) is 19.1 Å². The van der Waals surface area contributed by atoms with E-state index in [0.29, 0.717) is 37.9 Å². The summed E-state index contributed by atoms with van der Waals surface area (Å²) in [7, 11) is -3.82. The smallest absolute Gasteiger partial charge is 0.240 e. The lowest BCUT2D eigenvalue weighted by molar-refractivity contribution is -0.142. The highest BCUT2D eigenvalue weighted by Crippen LogP contribution is 2.57. The van der Waals surface area contributed by atoms with E-state index in [1.54, 1.807) is 16.2 Å². The van der Waals surface area contributed by atoms with Gasteiger partial charge in [-0.05, 0) is 69.1 Å². The number of hydrogen-bond acceptors (Lipinski definition) is 9. The van der Waals surface area contributed by atoms with Crippen molar-refractivity contribution in [2.45, 2.75) is 121 Å². The van der Waals surface area contributed by atoms with Gasteiger partial charge in [-0.25, -0.2) is 18.4 Å². The number of nitrogens with zero attached hydrogens (tertiary/aromatic N) is 3. The highest BCUT2D eigenvalue weighted by molar-refractivity contribution is 7.90. The fourth-order valence-corrected chi connectivity index (χ4v) is 11.1. The number of sulfonamides is 1. The molecular weight excluding hydrogens is 769 g/mol. The molecule has 3 fully saturated rings. The number of hydrogen-bond donors (Lipinski definition) is 1. The SMILES string of the molecule is Cc1ccc2c(O[C@@H]3C[C@H]4C(=O)C[C@]5(C(=O)NS(=O)(=O)C6CC6)C[C@@H]5/C=C\CCCCC[C@H](Cc5nc(C(C)(C)C)cs5)C(=O)N4C3)cc(-c3ccccc3)nc2c1. The van der Waals surface area contributed by atoms with Crippen LogP contribution in [0.2, 0.25) is 0 Å². The number of rotatable bonds is 8. The summed E-state index contributed by atoms with van der Waals surface area (Å²) in [6.45, 7) is 8.61. The van der Waals surface area contributed by atoms with Crippen molar-refractivity contribution < 1.29 is 27.5 Å².